The number of piperazine rings is 1. The molecule has 0 aromatic heterocycles. The number of amides is 1. The number of rotatable bonds is 3. The lowest BCUT2D eigenvalue weighted by molar-refractivity contribution is -0.142. The van der Waals surface area contributed by atoms with E-state index in [1.807, 2.05) is 28.0 Å². The van der Waals surface area contributed by atoms with Crippen molar-refractivity contribution in [1.29, 1.82) is 0 Å². The molecular formula is C14H16Br2N2O3. The number of nitrogens with zero attached hydrogens (tertiary/aromatic N) is 2. The number of hydrogen-bond acceptors (Lipinski definition) is 4. The standard InChI is InChI=1S/C14H16Br2N2O3/c1-21-13(19)9-17-2-4-18(5-3-17)14(20)10-6-11(15)8-12(16)7-10/h6-8H,2-5,9H2,1H3. The van der Waals surface area contributed by atoms with Crippen LogP contribution in [0.15, 0.2) is 27.1 Å². The van der Waals surface area contributed by atoms with Crippen LogP contribution in [-0.4, -0.2) is 61.5 Å². The highest BCUT2D eigenvalue weighted by atomic mass is 79.9. The molecule has 1 heterocycles. The lowest BCUT2D eigenvalue weighted by atomic mass is 10.2. The zero-order valence-electron chi connectivity index (χ0n) is 11.6. The van der Waals surface area contributed by atoms with Crippen molar-refractivity contribution in [2.75, 3.05) is 39.8 Å². The second-order valence-corrected chi connectivity index (χ2v) is 6.63. The summed E-state index contributed by atoms with van der Waals surface area (Å²) in [6.45, 7) is 2.85. The molecule has 0 aliphatic carbocycles. The van der Waals surface area contributed by atoms with Crippen LogP contribution >= 0.6 is 31.9 Å². The number of carbonyl (C=O) groups excluding carboxylic acids is 2. The van der Waals surface area contributed by atoms with Crippen LogP contribution in [0.1, 0.15) is 10.4 Å². The van der Waals surface area contributed by atoms with Crippen molar-refractivity contribution in [2.24, 2.45) is 0 Å². The maximum Gasteiger partial charge on any atom is 0.319 e. The van der Waals surface area contributed by atoms with Crippen molar-refractivity contribution >= 4 is 43.7 Å². The Morgan fingerprint density at radius 2 is 1.67 bits per heavy atom. The Labute approximate surface area is 140 Å². The number of halogens is 2. The van der Waals surface area contributed by atoms with Crippen LogP contribution in [-0.2, 0) is 9.53 Å². The molecule has 5 nitrogen and oxygen atoms in total. The quantitative estimate of drug-likeness (QED) is 0.704. The Morgan fingerprint density at radius 3 is 2.19 bits per heavy atom. The van der Waals surface area contributed by atoms with E-state index in [2.05, 4.69) is 36.6 Å². The van der Waals surface area contributed by atoms with Crippen LogP contribution < -0.4 is 0 Å². The number of esters is 1. The highest BCUT2D eigenvalue weighted by Gasteiger charge is 2.23. The van der Waals surface area contributed by atoms with Crippen LogP contribution in [0.3, 0.4) is 0 Å². The van der Waals surface area contributed by atoms with E-state index in [4.69, 9.17) is 0 Å². The first-order valence-corrected chi connectivity index (χ1v) is 8.12. The van der Waals surface area contributed by atoms with E-state index in [9.17, 15) is 9.59 Å². The predicted octanol–water partition coefficient (Wildman–Crippen LogP) is 2.14. The van der Waals surface area contributed by atoms with E-state index in [1.165, 1.54) is 7.11 Å². The molecule has 114 valence electrons. The Bertz CT molecular complexity index is 523. The summed E-state index contributed by atoms with van der Waals surface area (Å²) < 4.78 is 6.38. The second-order valence-electron chi connectivity index (χ2n) is 4.80. The van der Waals surface area contributed by atoms with E-state index in [0.717, 1.165) is 8.95 Å². The molecule has 2 rings (SSSR count). The fourth-order valence-corrected chi connectivity index (χ4v) is 3.51. The van der Waals surface area contributed by atoms with Crippen LogP contribution in [0.2, 0.25) is 0 Å². The molecule has 1 fully saturated rings. The van der Waals surface area contributed by atoms with Gasteiger partial charge < -0.3 is 9.64 Å². The third kappa shape index (κ3) is 4.52. The van der Waals surface area contributed by atoms with Crippen molar-refractivity contribution in [3.05, 3.63) is 32.7 Å². The summed E-state index contributed by atoms with van der Waals surface area (Å²) in [6, 6.07) is 5.52. The van der Waals surface area contributed by atoms with Gasteiger partial charge in [0.2, 0.25) is 0 Å². The van der Waals surface area contributed by atoms with Gasteiger partial charge in [0, 0.05) is 40.7 Å². The van der Waals surface area contributed by atoms with Gasteiger partial charge >= 0.3 is 5.97 Å². The van der Waals surface area contributed by atoms with E-state index in [1.54, 1.807) is 0 Å². The van der Waals surface area contributed by atoms with E-state index >= 15 is 0 Å². The van der Waals surface area contributed by atoms with Crippen molar-refractivity contribution in [3.63, 3.8) is 0 Å². The molecule has 1 aromatic carbocycles. The largest absolute Gasteiger partial charge is 0.468 e. The van der Waals surface area contributed by atoms with Crippen LogP contribution in [0, 0.1) is 0 Å². The molecule has 0 spiro atoms. The molecule has 0 unspecified atom stereocenters. The number of methoxy groups -OCH3 is 1. The van der Waals surface area contributed by atoms with Gasteiger partial charge in [-0.1, -0.05) is 31.9 Å². The first kappa shape index (κ1) is 16.5. The maximum atomic E-state index is 12.5. The molecule has 0 saturated carbocycles. The number of carbonyl (C=O) groups is 2. The van der Waals surface area contributed by atoms with Gasteiger partial charge in [0.05, 0.1) is 13.7 Å². The molecule has 1 aromatic rings. The fraction of sp³-hybridized carbons (Fsp3) is 0.429. The first-order chi connectivity index (χ1) is 9.99. The Kier molecular flexibility index (Phi) is 5.78. The van der Waals surface area contributed by atoms with Crippen molar-refractivity contribution < 1.29 is 14.3 Å². The summed E-state index contributed by atoms with van der Waals surface area (Å²) in [7, 11) is 1.38. The first-order valence-electron chi connectivity index (χ1n) is 6.54. The molecule has 0 radical (unpaired) electrons. The molecule has 7 heteroatoms. The lowest BCUT2D eigenvalue weighted by Crippen LogP contribution is -2.50. The zero-order chi connectivity index (χ0) is 15.4. The molecule has 1 aliphatic rings. The Morgan fingerprint density at radius 1 is 1.10 bits per heavy atom. The Balaban J connectivity index is 1.95. The van der Waals surface area contributed by atoms with Gasteiger partial charge in [-0.25, -0.2) is 0 Å². The van der Waals surface area contributed by atoms with E-state index < -0.39 is 0 Å². The van der Waals surface area contributed by atoms with Gasteiger partial charge in [-0.3, -0.25) is 14.5 Å². The van der Waals surface area contributed by atoms with Crippen molar-refractivity contribution in [1.82, 2.24) is 9.80 Å². The minimum atomic E-state index is -0.245. The van der Waals surface area contributed by atoms with Gasteiger partial charge in [0.15, 0.2) is 0 Å². The van der Waals surface area contributed by atoms with E-state index in [0.29, 0.717) is 31.7 Å². The summed E-state index contributed by atoms with van der Waals surface area (Å²) in [5.74, 6) is -0.236. The average Bonchev–Trinajstić information content (AvgIpc) is 2.46. The van der Waals surface area contributed by atoms with Crippen LogP contribution in [0.5, 0.6) is 0 Å². The summed E-state index contributed by atoms with van der Waals surface area (Å²) in [6.07, 6.45) is 0. The van der Waals surface area contributed by atoms with Crippen molar-refractivity contribution in [3.8, 4) is 0 Å². The molecule has 0 N–H and O–H groups in total. The topological polar surface area (TPSA) is 49.9 Å². The summed E-state index contributed by atoms with van der Waals surface area (Å²) in [4.78, 5) is 27.5. The van der Waals surface area contributed by atoms with E-state index in [-0.39, 0.29) is 18.4 Å². The number of benzene rings is 1. The summed E-state index contributed by atoms with van der Waals surface area (Å²) in [5.41, 5.74) is 0.651. The van der Waals surface area contributed by atoms with Gasteiger partial charge in [0.1, 0.15) is 0 Å². The van der Waals surface area contributed by atoms with Gasteiger partial charge in [-0.15, -0.1) is 0 Å². The van der Waals surface area contributed by atoms with Gasteiger partial charge in [-0.2, -0.15) is 0 Å². The highest BCUT2D eigenvalue weighted by molar-refractivity contribution is 9.11. The maximum absolute atomic E-state index is 12.5. The fourth-order valence-electron chi connectivity index (χ4n) is 2.22. The molecular weight excluding hydrogens is 404 g/mol. The molecule has 1 aliphatic heterocycles. The minimum Gasteiger partial charge on any atom is -0.468 e. The third-order valence-corrected chi connectivity index (χ3v) is 4.27. The monoisotopic (exact) mass is 418 g/mol. The highest BCUT2D eigenvalue weighted by Crippen LogP contribution is 2.21. The van der Waals surface area contributed by atoms with Crippen LogP contribution in [0.4, 0.5) is 0 Å². The third-order valence-electron chi connectivity index (χ3n) is 3.35. The van der Waals surface area contributed by atoms with Crippen LogP contribution in [0.25, 0.3) is 0 Å². The number of ether oxygens (including phenoxy) is 1. The predicted molar refractivity (Wildman–Crippen MR) is 86.2 cm³/mol. The van der Waals surface area contributed by atoms with Gasteiger partial charge in [0.25, 0.3) is 5.91 Å². The average molecular weight is 420 g/mol. The normalized spacial score (nSPS) is 15.9. The molecule has 1 saturated heterocycles. The molecule has 1 amide bonds. The van der Waals surface area contributed by atoms with Gasteiger partial charge in [-0.05, 0) is 18.2 Å². The Hall–Kier alpha value is -0.920. The zero-order valence-corrected chi connectivity index (χ0v) is 14.8. The number of hydrogen-bond donors (Lipinski definition) is 0. The molecule has 0 atom stereocenters. The lowest BCUT2D eigenvalue weighted by Gasteiger charge is -2.34. The SMILES string of the molecule is COC(=O)CN1CCN(C(=O)c2cc(Br)cc(Br)c2)CC1. The summed E-state index contributed by atoms with van der Waals surface area (Å²) >= 11 is 6.78. The minimum absolute atomic E-state index is 0.00900. The second kappa shape index (κ2) is 7.38. The molecule has 21 heavy (non-hydrogen) atoms. The van der Waals surface area contributed by atoms with Crippen molar-refractivity contribution in [2.45, 2.75) is 0 Å². The molecule has 0 bridgehead atoms. The summed E-state index contributed by atoms with van der Waals surface area (Å²) in [5, 5.41) is 0. The smallest absolute Gasteiger partial charge is 0.319 e.